The summed E-state index contributed by atoms with van der Waals surface area (Å²) in [5.41, 5.74) is 0. The predicted molar refractivity (Wildman–Crippen MR) is 205 cm³/mol. The molecule has 3 N–H and O–H groups in total. The van der Waals surface area contributed by atoms with E-state index >= 15 is 0 Å². The van der Waals surface area contributed by atoms with E-state index in [4.69, 9.17) is 23.6 Å². The summed E-state index contributed by atoms with van der Waals surface area (Å²) < 4.78 is 33.3. The van der Waals surface area contributed by atoms with Crippen LogP contribution in [0.1, 0.15) is 206 Å². The molecule has 300 valence electrons. The smallest absolute Gasteiger partial charge is 0.457 e. The topological polar surface area (TPSA) is 132 Å². The van der Waals surface area contributed by atoms with E-state index < -0.39 is 33.2 Å². The molecule has 3 atom stereocenters. The van der Waals surface area contributed by atoms with Crippen molar-refractivity contribution in [2.75, 3.05) is 33.0 Å². The van der Waals surface area contributed by atoms with Crippen molar-refractivity contribution in [3.05, 3.63) is 0 Å². The highest BCUT2D eigenvalue weighted by atomic mass is 31.2. The molecule has 0 aliphatic heterocycles. The van der Waals surface area contributed by atoms with Gasteiger partial charge in [-0.15, -0.1) is 0 Å². The van der Waals surface area contributed by atoms with E-state index in [2.05, 4.69) is 13.8 Å². The molecule has 0 amide bonds. The largest absolute Gasteiger partial charge is 0.472 e. The molecule has 0 bridgehead atoms. The number of rotatable bonds is 41. The Labute approximate surface area is 308 Å². The van der Waals surface area contributed by atoms with Crippen LogP contribution in [0.5, 0.6) is 0 Å². The Bertz CT molecular complexity index is 754. The summed E-state index contributed by atoms with van der Waals surface area (Å²) in [5, 5.41) is 18.3. The maximum atomic E-state index is 12.6. The van der Waals surface area contributed by atoms with Gasteiger partial charge in [0.25, 0.3) is 0 Å². The number of carbonyl (C=O) groups is 1. The van der Waals surface area contributed by atoms with Crippen LogP contribution in [0.3, 0.4) is 0 Å². The molecule has 10 heteroatoms. The third-order valence-electron chi connectivity index (χ3n) is 9.29. The number of aliphatic hydroxyl groups excluding tert-OH is 2. The Balaban J connectivity index is 4.13. The van der Waals surface area contributed by atoms with Gasteiger partial charge in [-0.25, -0.2) is 4.57 Å². The maximum Gasteiger partial charge on any atom is 0.472 e. The standard InChI is InChI=1S/C40H81O9P/c1-3-5-7-9-11-13-15-17-18-19-21-23-25-27-29-31-33-46-36-39(37-48-50(44,45)47-35-38(42)34-41)49-40(43)32-30-28-26-24-22-20-16-14-12-10-8-6-4-2/h38-39,41-42H,3-37H2,1-2H3,(H,44,45)/t38-,39+/m0/s1. The summed E-state index contributed by atoms with van der Waals surface area (Å²) in [6.45, 7) is 3.56. The molecule has 0 aliphatic rings. The van der Waals surface area contributed by atoms with Gasteiger partial charge in [0, 0.05) is 13.0 Å². The fourth-order valence-electron chi connectivity index (χ4n) is 6.06. The maximum absolute atomic E-state index is 12.6. The van der Waals surface area contributed by atoms with Crippen molar-refractivity contribution in [3.8, 4) is 0 Å². The van der Waals surface area contributed by atoms with Crippen molar-refractivity contribution < 1.29 is 43.0 Å². The van der Waals surface area contributed by atoms with Crippen LogP contribution in [-0.4, -0.2) is 66.3 Å². The highest BCUT2D eigenvalue weighted by Gasteiger charge is 2.26. The predicted octanol–water partition coefficient (Wildman–Crippen LogP) is 11.1. The Morgan fingerprint density at radius 1 is 0.540 bits per heavy atom. The number of hydrogen-bond donors (Lipinski definition) is 3. The van der Waals surface area contributed by atoms with Gasteiger partial charge in [-0.2, -0.15) is 0 Å². The van der Waals surface area contributed by atoms with Crippen LogP contribution in [0.2, 0.25) is 0 Å². The number of aliphatic hydroxyl groups is 2. The number of unbranched alkanes of at least 4 members (excludes halogenated alkanes) is 27. The van der Waals surface area contributed by atoms with E-state index in [1.165, 1.54) is 154 Å². The van der Waals surface area contributed by atoms with Gasteiger partial charge in [-0.1, -0.05) is 187 Å². The molecular weight excluding hydrogens is 655 g/mol. The minimum atomic E-state index is -4.50. The minimum absolute atomic E-state index is 0.0579. The second-order valence-corrected chi connectivity index (χ2v) is 15.8. The average Bonchev–Trinajstić information content (AvgIpc) is 3.10. The van der Waals surface area contributed by atoms with Crippen molar-refractivity contribution in [2.45, 2.75) is 219 Å². The molecule has 0 spiro atoms. The summed E-state index contributed by atoms with van der Waals surface area (Å²) in [4.78, 5) is 22.5. The molecular formula is C40H81O9P. The molecule has 0 radical (unpaired) electrons. The lowest BCUT2D eigenvalue weighted by Gasteiger charge is -2.20. The summed E-state index contributed by atoms with van der Waals surface area (Å²) >= 11 is 0. The number of phosphoric acid groups is 1. The van der Waals surface area contributed by atoms with E-state index in [0.717, 1.165) is 32.1 Å². The van der Waals surface area contributed by atoms with Crippen molar-refractivity contribution in [2.24, 2.45) is 0 Å². The van der Waals surface area contributed by atoms with E-state index in [0.29, 0.717) is 6.61 Å². The molecule has 0 saturated carbocycles. The van der Waals surface area contributed by atoms with Crippen LogP contribution in [0.15, 0.2) is 0 Å². The molecule has 0 aromatic carbocycles. The third-order valence-corrected chi connectivity index (χ3v) is 10.2. The van der Waals surface area contributed by atoms with Gasteiger partial charge in [0.2, 0.25) is 0 Å². The second kappa shape index (κ2) is 38.2. The summed E-state index contributed by atoms with van der Waals surface area (Å²) in [6, 6.07) is 0. The molecule has 50 heavy (non-hydrogen) atoms. The van der Waals surface area contributed by atoms with Gasteiger partial charge < -0.3 is 24.6 Å². The fourth-order valence-corrected chi connectivity index (χ4v) is 6.85. The van der Waals surface area contributed by atoms with Crippen LogP contribution >= 0.6 is 7.82 Å². The molecule has 0 heterocycles. The minimum Gasteiger partial charge on any atom is -0.457 e. The summed E-state index contributed by atoms with van der Waals surface area (Å²) in [5.74, 6) is -0.378. The lowest BCUT2D eigenvalue weighted by atomic mass is 10.0. The molecule has 0 aliphatic carbocycles. The zero-order valence-corrected chi connectivity index (χ0v) is 33.5. The van der Waals surface area contributed by atoms with E-state index in [1.807, 2.05) is 0 Å². The van der Waals surface area contributed by atoms with Gasteiger partial charge in [0.1, 0.15) is 12.2 Å². The van der Waals surface area contributed by atoms with Crippen molar-refractivity contribution >= 4 is 13.8 Å². The average molecular weight is 737 g/mol. The number of ether oxygens (including phenoxy) is 2. The van der Waals surface area contributed by atoms with Gasteiger partial charge in [-0.3, -0.25) is 13.8 Å². The van der Waals surface area contributed by atoms with Crippen molar-refractivity contribution in [1.82, 2.24) is 0 Å². The van der Waals surface area contributed by atoms with Crippen LogP contribution in [0.25, 0.3) is 0 Å². The zero-order valence-electron chi connectivity index (χ0n) is 32.6. The van der Waals surface area contributed by atoms with Crippen LogP contribution in [0, 0.1) is 0 Å². The lowest BCUT2D eigenvalue weighted by Crippen LogP contribution is -2.29. The first-order valence-corrected chi connectivity index (χ1v) is 22.5. The quantitative estimate of drug-likeness (QED) is 0.0319. The van der Waals surface area contributed by atoms with Crippen molar-refractivity contribution in [3.63, 3.8) is 0 Å². The molecule has 0 rings (SSSR count). The van der Waals surface area contributed by atoms with Crippen LogP contribution < -0.4 is 0 Å². The summed E-state index contributed by atoms with van der Waals surface area (Å²) in [7, 11) is -4.50. The first-order chi connectivity index (χ1) is 24.3. The van der Waals surface area contributed by atoms with Crippen LogP contribution in [-0.2, 0) is 27.9 Å². The highest BCUT2D eigenvalue weighted by molar-refractivity contribution is 7.47. The normalized spacial score (nSPS) is 14.1. The summed E-state index contributed by atoms with van der Waals surface area (Å²) in [6.07, 6.45) is 34.8. The Morgan fingerprint density at radius 2 is 0.900 bits per heavy atom. The third kappa shape index (κ3) is 37.2. The highest BCUT2D eigenvalue weighted by Crippen LogP contribution is 2.43. The van der Waals surface area contributed by atoms with Gasteiger partial charge in [0.05, 0.1) is 26.4 Å². The fraction of sp³-hybridized carbons (Fsp3) is 0.975. The zero-order chi connectivity index (χ0) is 36.8. The first-order valence-electron chi connectivity index (χ1n) is 21.0. The molecule has 9 nitrogen and oxygen atoms in total. The Hall–Kier alpha value is -0.540. The van der Waals surface area contributed by atoms with Gasteiger partial charge in [-0.05, 0) is 12.8 Å². The van der Waals surface area contributed by atoms with Gasteiger partial charge in [0.15, 0.2) is 0 Å². The molecule has 0 aromatic heterocycles. The molecule has 0 fully saturated rings. The molecule has 0 saturated heterocycles. The first kappa shape index (κ1) is 49.5. The number of hydrogen-bond acceptors (Lipinski definition) is 8. The Kier molecular flexibility index (Phi) is 37.8. The molecule has 1 unspecified atom stereocenters. The van der Waals surface area contributed by atoms with Crippen LogP contribution in [0.4, 0.5) is 0 Å². The van der Waals surface area contributed by atoms with Crippen molar-refractivity contribution in [1.29, 1.82) is 0 Å². The second-order valence-electron chi connectivity index (χ2n) is 14.4. The Morgan fingerprint density at radius 3 is 1.30 bits per heavy atom. The number of esters is 1. The number of phosphoric ester groups is 1. The monoisotopic (exact) mass is 737 g/mol. The van der Waals surface area contributed by atoms with Gasteiger partial charge >= 0.3 is 13.8 Å². The van der Waals surface area contributed by atoms with E-state index in [-0.39, 0.29) is 25.6 Å². The lowest BCUT2D eigenvalue weighted by molar-refractivity contribution is -0.154. The molecule has 0 aromatic rings. The van der Waals surface area contributed by atoms with E-state index in [9.17, 15) is 19.4 Å². The SMILES string of the molecule is CCCCCCCCCCCCCCCCCCOC[C@H](COP(=O)(O)OC[C@@H](O)CO)OC(=O)CCCCCCCCCCCCCCC. The van der Waals surface area contributed by atoms with E-state index in [1.54, 1.807) is 0 Å². The number of carbonyl (C=O) groups excluding carboxylic acids is 1.